The van der Waals surface area contributed by atoms with E-state index in [1.807, 2.05) is 18.2 Å². The lowest BCUT2D eigenvalue weighted by Gasteiger charge is -2.31. The highest BCUT2D eigenvalue weighted by Crippen LogP contribution is 2.26. The molecule has 1 aromatic rings. The number of rotatable bonds is 3. The number of nitrogens with zero attached hydrogens (tertiary/aromatic N) is 2. The average molecular weight is 369 g/mol. The monoisotopic (exact) mass is 369 g/mol. The van der Waals surface area contributed by atoms with Crippen LogP contribution in [-0.2, 0) is 9.59 Å². The zero-order valence-electron chi connectivity index (χ0n) is 14.4. The SMILES string of the molecule is O=C(Nc1cccc(N2CCCC2)c1)C1CCN(C(=O)C(F)(F)F)CC1. The fraction of sp³-hybridized carbons (Fsp3) is 0.556. The van der Waals surface area contributed by atoms with Crippen molar-refractivity contribution in [2.45, 2.75) is 31.9 Å². The van der Waals surface area contributed by atoms with Crippen molar-refractivity contribution in [3.8, 4) is 0 Å². The molecule has 0 radical (unpaired) electrons. The van der Waals surface area contributed by atoms with E-state index in [1.54, 1.807) is 6.07 Å². The number of hydrogen-bond acceptors (Lipinski definition) is 3. The Kier molecular flexibility index (Phi) is 5.38. The van der Waals surface area contributed by atoms with Crippen LogP contribution in [-0.4, -0.2) is 49.1 Å². The van der Waals surface area contributed by atoms with Gasteiger partial charge in [0.15, 0.2) is 0 Å². The second-order valence-corrected chi connectivity index (χ2v) is 6.80. The number of carbonyl (C=O) groups is 2. The minimum Gasteiger partial charge on any atom is -0.371 e. The Morgan fingerprint density at radius 1 is 1.04 bits per heavy atom. The van der Waals surface area contributed by atoms with Gasteiger partial charge in [-0.2, -0.15) is 13.2 Å². The lowest BCUT2D eigenvalue weighted by Crippen LogP contribution is -2.46. The summed E-state index contributed by atoms with van der Waals surface area (Å²) >= 11 is 0. The predicted octanol–water partition coefficient (Wildman–Crippen LogP) is 3.03. The van der Waals surface area contributed by atoms with Crippen LogP contribution >= 0.6 is 0 Å². The number of hydrogen-bond donors (Lipinski definition) is 1. The van der Waals surface area contributed by atoms with Crippen molar-refractivity contribution in [1.29, 1.82) is 0 Å². The van der Waals surface area contributed by atoms with Gasteiger partial charge >= 0.3 is 12.1 Å². The maximum atomic E-state index is 12.5. The molecule has 2 aliphatic rings. The minimum atomic E-state index is -4.86. The van der Waals surface area contributed by atoms with Crippen LogP contribution in [0.25, 0.3) is 0 Å². The van der Waals surface area contributed by atoms with Crippen LogP contribution in [0.2, 0.25) is 0 Å². The molecule has 2 aliphatic heterocycles. The lowest BCUT2D eigenvalue weighted by atomic mass is 9.95. The van der Waals surface area contributed by atoms with Gasteiger partial charge in [-0.25, -0.2) is 0 Å². The van der Waals surface area contributed by atoms with Gasteiger partial charge in [0.1, 0.15) is 0 Å². The van der Waals surface area contributed by atoms with Gasteiger partial charge in [0, 0.05) is 43.5 Å². The molecule has 2 fully saturated rings. The highest BCUT2D eigenvalue weighted by atomic mass is 19.4. The lowest BCUT2D eigenvalue weighted by molar-refractivity contribution is -0.186. The van der Waals surface area contributed by atoms with Crippen LogP contribution in [0.1, 0.15) is 25.7 Å². The van der Waals surface area contributed by atoms with Gasteiger partial charge < -0.3 is 15.1 Å². The van der Waals surface area contributed by atoms with Gasteiger partial charge in [0.2, 0.25) is 5.91 Å². The third kappa shape index (κ3) is 4.28. The number of carbonyl (C=O) groups excluding carboxylic acids is 2. The number of nitrogens with one attached hydrogen (secondary N) is 1. The van der Waals surface area contributed by atoms with Crippen molar-refractivity contribution in [2.24, 2.45) is 5.92 Å². The first-order chi connectivity index (χ1) is 12.3. The first kappa shape index (κ1) is 18.5. The Labute approximate surface area is 150 Å². The number of likely N-dealkylation sites (tertiary alicyclic amines) is 1. The molecule has 26 heavy (non-hydrogen) atoms. The molecule has 0 aromatic heterocycles. The molecular weight excluding hydrogens is 347 g/mol. The summed E-state index contributed by atoms with van der Waals surface area (Å²) in [5.41, 5.74) is 1.75. The third-order valence-electron chi connectivity index (χ3n) is 4.98. The van der Waals surface area contributed by atoms with Crippen molar-refractivity contribution < 1.29 is 22.8 Å². The van der Waals surface area contributed by atoms with E-state index in [0.717, 1.165) is 36.5 Å². The van der Waals surface area contributed by atoms with Crippen LogP contribution in [0.3, 0.4) is 0 Å². The number of amides is 2. The second-order valence-electron chi connectivity index (χ2n) is 6.80. The molecule has 2 heterocycles. The summed E-state index contributed by atoms with van der Waals surface area (Å²) in [6.07, 6.45) is -2.07. The third-order valence-corrected chi connectivity index (χ3v) is 4.98. The summed E-state index contributed by atoms with van der Waals surface area (Å²) in [7, 11) is 0. The van der Waals surface area contributed by atoms with Crippen LogP contribution in [0.4, 0.5) is 24.5 Å². The fourth-order valence-electron chi connectivity index (χ4n) is 3.52. The van der Waals surface area contributed by atoms with E-state index in [1.165, 1.54) is 0 Å². The Bertz CT molecular complexity index is 664. The maximum absolute atomic E-state index is 12.5. The first-order valence-corrected chi connectivity index (χ1v) is 8.86. The van der Waals surface area contributed by atoms with Crippen LogP contribution in [0.15, 0.2) is 24.3 Å². The maximum Gasteiger partial charge on any atom is 0.471 e. The van der Waals surface area contributed by atoms with Gasteiger partial charge in [-0.1, -0.05) is 6.07 Å². The van der Waals surface area contributed by atoms with Crippen molar-refractivity contribution in [1.82, 2.24) is 4.90 Å². The zero-order chi connectivity index (χ0) is 18.7. The molecule has 2 amide bonds. The topological polar surface area (TPSA) is 52.7 Å². The molecule has 1 N–H and O–H groups in total. The molecule has 0 bridgehead atoms. The van der Waals surface area contributed by atoms with Crippen LogP contribution < -0.4 is 10.2 Å². The number of piperidine rings is 1. The van der Waals surface area contributed by atoms with Crippen molar-refractivity contribution >= 4 is 23.2 Å². The van der Waals surface area contributed by atoms with E-state index in [0.29, 0.717) is 5.69 Å². The Balaban J connectivity index is 1.55. The molecule has 0 spiro atoms. The predicted molar refractivity (Wildman–Crippen MR) is 91.9 cm³/mol. The van der Waals surface area contributed by atoms with Crippen molar-refractivity contribution in [3.05, 3.63) is 24.3 Å². The quantitative estimate of drug-likeness (QED) is 0.891. The normalized spacial score (nSPS) is 18.9. The van der Waals surface area contributed by atoms with E-state index in [9.17, 15) is 22.8 Å². The highest BCUT2D eigenvalue weighted by molar-refractivity contribution is 5.93. The van der Waals surface area contributed by atoms with Crippen LogP contribution in [0, 0.1) is 5.92 Å². The molecule has 3 rings (SSSR count). The van der Waals surface area contributed by atoms with Crippen molar-refractivity contribution in [2.75, 3.05) is 36.4 Å². The number of anilines is 2. The molecule has 0 saturated carbocycles. The molecule has 2 saturated heterocycles. The molecule has 0 unspecified atom stereocenters. The largest absolute Gasteiger partial charge is 0.471 e. The van der Waals surface area contributed by atoms with Gasteiger partial charge in [0.25, 0.3) is 0 Å². The highest BCUT2D eigenvalue weighted by Gasteiger charge is 2.43. The van der Waals surface area contributed by atoms with Crippen LogP contribution in [0.5, 0.6) is 0 Å². The zero-order valence-corrected chi connectivity index (χ0v) is 14.4. The molecule has 0 aliphatic carbocycles. The summed E-state index contributed by atoms with van der Waals surface area (Å²) in [5.74, 6) is -2.42. The van der Waals surface area contributed by atoms with Gasteiger partial charge in [0.05, 0.1) is 0 Å². The Hall–Kier alpha value is -2.25. The average Bonchev–Trinajstić information content (AvgIpc) is 3.15. The molecule has 1 aromatic carbocycles. The summed E-state index contributed by atoms with van der Waals surface area (Å²) in [4.78, 5) is 26.7. The molecule has 0 atom stereocenters. The van der Waals surface area contributed by atoms with E-state index < -0.39 is 12.1 Å². The Morgan fingerprint density at radius 2 is 1.69 bits per heavy atom. The van der Waals surface area contributed by atoms with Gasteiger partial charge in [-0.3, -0.25) is 9.59 Å². The van der Waals surface area contributed by atoms with E-state index in [2.05, 4.69) is 10.2 Å². The summed E-state index contributed by atoms with van der Waals surface area (Å²) in [6.45, 7) is 1.90. The number of alkyl halides is 3. The van der Waals surface area contributed by atoms with Crippen molar-refractivity contribution in [3.63, 3.8) is 0 Å². The summed E-state index contributed by atoms with van der Waals surface area (Å²) < 4.78 is 37.4. The Morgan fingerprint density at radius 3 is 2.31 bits per heavy atom. The molecule has 5 nitrogen and oxygen atoms in total. The van der Waals surface area contributed by atoms with Gasteiger partial charge in [-0.05, 0) is 43.9 Å². The summed E-state index contributed by atoms with van der Waals surface area (Å²) in [5, 5.41) is 2.86. The first-order valence-electron chi connectivity index (χ1n) is 8.86. The molecule has 142 valence electrons. The molecular formula is C18H22F3N3O2. The standard InChI is InChI=1S/C18H22F3N3O2/c19-18(20,21)17(26)24-10-6-13(7-11-24)16(25)22-14-4-3-5-15(12-14)23-8-1-2-9-23/h3-5,12-13H,1-2,6-11H2,(H,22,25). The summed E-state index contributed by atoms with van der Waals surface area (Å²) in [6, 6.07) is 7.61. The smallest absolute Gasteiger partial charge is 0.371 e. The number of halogens is 3. The fourth-order valence-corrected chi connectivity index (χ4v) is 3.52. The number of benzene rings is 1. The second kappa shape index (κ2) is 7.55. The molecule has 8 heteroatoms. The van der Waals surface area contributed by atoms with Gasteiger partial charge in [-0.15, -0.1) is 0 Å². The van der Waals surface area contributed by atoms with E-state index in [-0.39, 0.29) is 37.8 Å². The van der Waals surface area contributed by atoms with E-state index >= 15 is 0 Å². The van der Waals surface area contributed by atoms with E-state index in [4.69, 9.17) is 0 Å². The minimum absolute atomic E-state index is 0.0513.